The van der Waals surface area contributed by atoms with E-state index in [1.165, 1.54) is 0 Å². The molecule has 6 heteroatoms. The number of nitrogens with zero attached hydrogens (tertiary/aromatic N) is 1. The standard InChI is InChI=1S/C19H24N2O3S/c1-14-6-11-18(15(2)13-14)25(22,23)21-16-7-9-17(10-8-16)24-19-5-3-4-12-20-19/h3-6,11-13,16-17,21H,7-10H2,1-2H3. The highest BCUT2D eigenvalue weighted by Gasteiger charge is 2.27. The van der Waals surface area contributed by atoms with Gasteiger partial charge in [0.2, 0.25) is 15.9 Å². The molecule has 1 heterocycles. The van der Waals surface area contributed by atoms with Crippen LogP contribution < -0.4 is 9.46 Å². The van der Waals surface area contributed by atoms with Gasteiger partial charge < -0.3 is 4.74 Å². The number of pyridine rings is 1. The van der Waals surface area contributed by atoms with Gasteiger partial charge in [-0.3, -0.25) is 0 Å². The lowest BCUT2D eigenvalue weighted by molar-refractivity contribution is 0.138. The van der Waals surface area contributed by atoms with Crippen molar-refractivity contribution in [3.8, 4) is 5.88 Å². The van der Waals surface area contributed by atoms with Crippen molar-refractivity contribution in [2.45, 2.75) is 56.6 Å². The Labute approximate surface area is 149 Å². The number of benzene rings is 1. The molecule has 0 aliphatic heterocycles. The summed E-state index contributed by atoms with van der Waals surface area (Å²) in [6.07, 6.45) is 4.96. The minimum Gasteiger partial charge on any atom is -0.474 e. The van der Waals surface area contributed by atoms with Gasteiger partial charge in [-0.15, -0.1) is 0 Å². The number of ether oxygens (including phenoxy) is 1. The van der Waals surface area contributed by atoms with Gasteiger partial charge >= 0.3 is 0 Å². The summed E-state index contributed by atoms with van der Waals surface area (Å²) in [6.45, 7) is 3.79. The summed E-state index contributed by atoms with van der Waals surface area (Å²) in [5.41, 5.74) is 1.84. The molecule has 0 spiro atoms. The van der Waals surface area contributed by atoms with E-state index in [9.17, 15) is 8.42 Å². The molecule has 1 aliphatic carbocycles. The Morgan fingerprint density at radius 3 is 2.48 bits per heavy atom. The Kier molecular flexibility index (Phi) is 5.39. The van der Waals surface area contributed by atoms with Crippen molar-refractivity contribution in [2.75, 3.05) is 0 Å². The van der Waals surface area contributed by atoms with Crippen LogP contribution in [0.25, 0.3) is 0 Å². The molecule has 134 valence electrons. The first-order valence-electron chi connectivity index (χ1n) is 8.61. The lowest BCUT2D eigenvalue weighted by Crippen LogP contribution is -2.39. The monoisotopic (exact) mass is 360 g/mol. The normalized spacial score (nSPS) is 21.0. The number of aryl methyl sites for hydroxylation is 2. The third kappa shape index (κ3) is 4.58. The van der Waals surface area contributed by atoms with Gasteiger partial charge in [0.05, 0.1) is 4.90 Å². The second-order valence-electron chi connectivity index (χ2n) is 6.65. The maximum Gasteiger partial charge on any atom is 0.241 e. The molecule has 1 aromatic heterocycles. The summed E-state index contributed by atoms with van der Waals surface area (Å²) in [7, 11) is -3.49. The van der Waals surface area contributed by atoms with Crippen LogP contribution in [0.2, 0.25) is 0 Å². The summed E-state index contributed by atoms with van der Waals surface area (Å²) >= 11 is 0. The zero-order valence-corrected chi connectivity index (χ0v) is 15.4. The number of hydrogen-bond donors (Lipinski definition) is 1. The third-order valence-corrected chi connectivity index (χ3v) is 6.22. The van der Waals surface area contributed by atoms with Crippen molar-refractivity contribution < 1.29 is 13.2 Å². The molecule has 5 nitrogen and oxygen atoms in total. The average molecular weight is 360 g/mol. The van der Waals surface area contributed by atoms with Crippen molar-refractivity contribution in [3.63, 3.8) is 0 Å². The zero-order valence-electron chi connectivity index (χ0n) is 14.6. The zero-order chi connectivity index (χ0) is 17.9. The molecule has 0 amide bonds. The molecule has 0 atom stereocenters. The number of aromatic nitrogens is 1. The van der Waals surface area contributed by atoms with Crippen LogP contribution in [0.1, 0.15) is 36.8 Å². The highest BCUT2D eigenvalue weighted by Crippen LogP contribution is 2.25. The Hall–Kier alpha value is -1.92. The third-order valence-electron chi connectivity index (χ3n) is 4.54. The van der Waals surface area contributed by atoms with E-state index in [1.54, 1.807) is 12.3 Å². The van der Waals surface area contributed by atoms with Crippen molar-refractivity contribution in [1.29, 1.82) is 0 Å². The number of sulfonamides is 1. The molecule has 1 fully saturated rings. The Bertz CT molecular complexity index is 814. The molecule has 0 saturated heterocycles. The van der Waals surface area contributed by atoms with E-state index in [1.807, 2.05) is 44.2 Å². The van der Waals surface area contributed by atoms with Gasteiger partial charge in [0.1, 0.15) is 6.10 Å². The molecule has 1 saturated carbocycles. The quantitative estimate of drug-likeness (QED) is 0.888. The van der Waals surface area contributed by atoms with Crippen molar-refractivity contribution in [2.24, 2.45) is 0 Å². The second kappa shape index (κ2) is 7.54. The fraction of sp³-hybridized carbons (Fsp3) is 0.421. The van der Waals surface area contributed by atoms with E-state index in [-0.39, 0.29) is 12.1 Å². The van der Waals surface area contributed by atoms with Crippen LogP contribution in [0.4, 0.5) is 0 Å². The molecule has 0 radical (unpaired) electrons. The summed E-state index contributed by atoms with van der Waals surface area (Å²) in [6, 6.07) is 11.0. The van der Waals surface area contributed by atoms with Crippen molar-refractivity contribution >= 4 is 10.0 Å². The smallest absolute Gasteiger partial charge is 0.241 e. The van der Waals surface area contributed by atoms with Crippen LogP contribution in [-0.4, -0.2) is 25.5 Å². The lowest BCUT2D eigenvalue weighted by atomic mass is 9.94. The van der Waals surface area contributed by atoms with Crippen LogP contribution in [0, 0.1) is 13.8 Å². The van der Waals surface area contributed by atoms with Crippen LogP contribution in [0.15, 0.2) is 47.5 Å². The lowest BCUT2D eigenvalue weighted by Gasteiger charge is -2.29. The van der Waals surface area contributed by atoms with E-state index in [2.05, 4.69) is 9.71 Å². The van der Waals surface area contributed by atoms with Gasteiger partial charge in [-0.25, -0.2) is 18.1 Å². The van der Waals surface area contributed by atoms with E-state index in [0.717, 1.165) is 36.8 Å². The minimum atomic E-state index is -3.49. The Balaban J connectivity index is 1.58. The molecule has 25 heavy (non-hydrogen) atoms. The molecular weight excluding hydrogens is 336 g/mol. The molecule has 3 rings (SSSR count). The van der Waals surface area contributed by atoms with E-state index < -0.39 is 10.0 Å². The number of rotatable bonds is 5. The summed E-state index contributed by atoms with van der Waals surface area (Å²) in [5, 5.41) is 0. The molecule has 0 unspecified atom stereocenters. The largest absolute Gasteiger partial charge is 0.474 e. The molecule has 1 N–H and O–H groups in total. The molecule has 0 bridgehead atoms. The van der Waals surface area contributed by atoms with Gasteiger partial charge in [0.25, 0.3) is 0 Å². The first-order valence-corrected chi connectivity index (χ1v) is 10.1. The second-order valence-corrected chi connectivity index (χ2v) is 8.33. The fourth-order valence-electron chi connectivity index (χ4n) is 3.27. The SMILES string of the molecule is Cc1ccc(S(=O)(=O)NC2CCC(Oc3ccccn3)CC2)c(C)c1. The average Bonchev–Trinajstić information content (AvgIpc) is 2.57. The maximum absolute atomic E-state index is 12.7. The summed E-state index contributed by atoms with van der Waals surface area (Å²) < 4.78 is 34.0. The Morgan fingerprint density at radius 2 is 1.84 bits per heavy atom. The predicted octanol–water partition coefficient (Wildman–Crippen LogP) is 3.37. The first kappa shape index (κ1) is 17.9. The highest BCUT2D eigenvalue weighted by molar-refractivity contribution is 7.89. The van der Waals surface area contributed by atoms with Gasteiger partial charge in [0, 0.05) is 18.3 Å². The van der Waals surface area contributed by atoms with Crippen LogP contribution >= 0.6 is 0 Å². The van der Waals surface area contributed by atoms with Gasteiger partial charge in [-0.2, -0.15) is 0 Å². The molecule has 1 aromatic carbocycles. The molecule has 1 aliphatic rings. The van der Waals surface area contributed by atoms with Gasteiger partial charge in [-0.1, -0.05) is 23.8 Å². The molecular formula is C19H24N2O3S. The van der Waals surface area contributed by atoms with Gasteiger partial charge in [-0.05, 0) is 57.2 Å². The van der Waals surface area contributed by atoms with Crippen LogP contribution in [-0.2, 0) is 10.0 Å². The molecule has 2 aromatic rings. The predicted molar refractivity (Wildman–Crippen MR) is 97.1 cm³/mol. The number of hydrogen-bond acceptors (Lipinski definition) is 4. The van der Waals surface area contributed by atoms with E-state index in [4.69, 9.17) is 4.74 Å². The Morgan fingerprint density at radius 1 is 1.08 bits per heavy atom. The fourth-order valence-corrected chi connectivity index (χ4v) is 4.80. The van der Waals surface area contributed by atoms with E-state index >= 15 is 0 Å². The van der Waals surface area contributed by atoms with E-state index in [0.29, 0.717) is 10.8 Å². The summed E-state index contributed by atoms with van der Waals surface area (Å²) in [4.78, 5) is 4.54. The number of nitrogens with one attached hydrogen (secondary N) is 1. The first-order chi connectivity index (χ1) is 11.9. The van der Waals surface area contributed by atoms with Crippen LogP contribution in [0.5, 0.6) is 5.88 Å². The van der Waals surface area contributed by atoms with Gasteiger partial charge in [0.15, 0.2) is 0 Å². The topological polar surface area (TPSA) is 68.3 Å². The summed E-state index contributed by atoms with van der Waals surface area (Å²) in [5.74, 6) is 0.627. The minimum absolute atomic E-state index is 0.0470. The van der Waals surface area contributed by atoms with Crippen molar-refractivity contribution in [3.05, 3.63) is 53.7 Å². The van der Waals surface area contributed by atoms with Crippen LogP contribution in [0.3, 0.4) is 0 Å². The van der Waals surface area contributed by atoms with Crippen molar-refractivity contribution in [1.82, 2.24) is 9.71 Å². The highest BCUT2D eigenvalue weighted by atomic mass is 32.2. The maximum atomic E-state index is 12.7.